The highest BCUT2D eigenvalue weighted by molar-refractivity contribution is 7.13. The lowest BCUT2D eigenvalue weighted by atomic mass is 10.3. The summed E-state index contributed by atoms with van der Waals surface area (Å²) in [5, 5.41) is 11.1. The zero-order valence-electron chi connectivity index (χ0n) is 12.4. The number of nitrogens with one attached hydrogen (secondary N) is 1. The van der Waals surface area contributed by atoms with E-state index in [1.54, 1.807) is 23.5 Å². The van der Waals surface area contributed by atoms with Crippen molar-refractivity contribution >= 4 is 28.6 Å². The van der Waals surface area contributed by atoms with E-state index in [0.717, 1.165) is 10.6 Å². The van der Waals surface area contributed by atoms with E-state index >= 15 is 0 Å². The van der Waals surface area contributed by atoms with Crippen LogP contribution in [0.3, 0.4) is 0 Å². The molecule has 0 bridgehead atoms. The number of carbonyl (C=O) groups is 1. The summed E-state index contributed by atoms with van der Waals surface area (Å²) in [4.78, 5) is 25.7. The van der Waals surface area contributed by atoms with E-state index in [9.17, 15) is 9.59 Å². The summed E-state index contributed by atoms with van der Waals surface area (Å²) in [7, 11) is 0. The van der Waals surface area contributed by atoms with Crippen LogP contribution in [0.5, 0.6) is 0 Å². The van der Waals surface area contributed by atoms with Crippen molar-refractivity contribution < 1.29 is 4.79 Å². The van der Waals surface area contributed by atoms with Gasteiger partial charge >= 0.3 is 0 Å². The Morgan fingerprint density at radius 1 is 1.22 bits per heavy atom. The molecule has 0 saturated heterocycles. The molecule has 0 aliphatic carbocycles. The van der Waals surface area contributed by atoms with Crippen LogP contribution in [0.1, 0.15) is 22.6 Å². The Morgan fingerprint density at radius 2 is 2.00 bits per heavy atom. The Balaban J connectivity index is 1.74. The van der Waals surface area contributed by atoms with Gasteiger partial charge in [-0.25, -0.2) is 4.68 Å². The molecular weight excluding hydrogens is 330 g/mol. The maximum absolute atomic E-state index is 12.0. The summed E-state index contributed by atoms with van der Waals surface area (Å²) in [5.41, 5.74) is 0.583. The molecule has 7 heteroatoms. The van der Waals surface area contributed by atoms with Crippen molar-refractivity contribution in [3.05, 3.63) is 62.4 Å². The Morgan fingerprint density at radius 3 is 2.70 bits per heavy atom. The Labute approximate surface area is 141 Å². The number of amides is 1. The van der Waals surface area contributed by atoms with E-state index in [-0.39, 0.29) is 17.5 Å². The van der Waals surface area contributed by atoms with Crippen LogP contribution in [0.25, 0.3) is 10.6 Å². The molecule has 0 spiro atoms. The van der Waals surface area contributed by atoms with Crippen molar-refractivity contribution in [2.24, 2.45) is 0 Å². The van der Waals surface area contributed by atoms with Gasteiger partial charge in [0, 0.05) is 12.6 Å². The summed E-state index contributed by atoms with van der Waals surface area (Å²) in [6, 6.07) is 10.5. The van der Waals surface area contributed by atoms with E-state index in [1.165, 1.54) is 22.1 Å². The third kappa shape index (κ3) is 3.57. The van der Waals surface area contributed by atoms with Gasteiger partial charge < -0.3 is 5.32 Å². The lowest BCUT2D eigenvalue weighted by molar-refractivity contribution is 0.0951. The summed E-state index contributed by atoms with van der Waals surface area (Å²) in [6.07, 6.45) is 0. The van der Waals surface area contributed by atoms with Crippen LogP contribution in [0.2, 0.25) is 0 Å². The Bertz CT molecular complexity index is 839. The fourth-order valence-corrected chi connectivity index (χ4v) is 3.45. The first-order chi connectivity index (χ1) is 11.1. The molecule has 118 valence electrons. The largest absolute Gasteiger partial charge is 0.349 e. The third-order valence-corrected chi connectivity index (χ3v) is 5.08. The normalized spacial score (nSPS) is 12.0. The van der Waals surface area contributed by atoms with Gasteiger partial charge in [0.2, 0.25) is 0 Å². The van der Waals surface area contributed by atoms with Crippen LogP contribution < -0.4 is 10.9 Å². The van der Waals surface area contributed by atoms with Gasteiger partial charge in [0.1, 0.15) is 5.69 Å². The second-order valence-corrected chi connectivity index (χ2v) is 6.91. The molecule has 0 saturated carbocycles. The molecule has 23 heavy (non-hydrogen) atoms. The van der Waals surface area contributed by atoms with Crippen molar-refractivity contribution in [3.8, 4) is 10.6 Å². The number of carbonyl (C=O) groups excluding carboxylic acids is 1. The SMILES string of the molecule is CC(CNC(=O)c1cccs1)n1nc(-c2cccs2)ccc1=O. The molecule has 0 radical (unpaired) electrons. The lowest BCUT2D eigenvalue weighted by Crippen LogP contribution is -2.34. The van der Waals surface area contributed by atoms with Crippen molar-refractivity contribution in [3.63, 3.8) is 0 Å². The van der Waals surface area contributed by atoms with Crippen molar-refractivity contribution in [1.29, 1.82) is 0 Å². The molecule has 1 N–H and O–H groups in total. The first-order valence-corrected chi connectivity index (χ1v) is 8.86. The smallest absolute Gasteiger partial charge is 0.267 e. The number of rotatable bonds is 5. The van der Waals surface area contributed by atoms with Crippen LogP contribution in [0.4, 0.5) is 0 Å². The number of nitrogens with zero attached hydrogens (tertiary/aromatic N) is 2. The molecule has 1 unspecified atom stereocenters. The van der Waals surface area contributed by atoms with Crippen LogP contribution in [-0.4, -0.2) is 22.2 Å². The molecule has 1 amide bonds. The molecule has 0 aliphatic heterocycles. The Kier molecular flexibility index (Phi) is 4.68. The van der Waals surface area contributed by atoms with E-state index in [2.05, 4.69) is 10.4 Å². The molecule has 0 aliphatic rings. The lowest BCUT2D eigenvalue weighted by Gasteiger charge is -2.15. The standard InChI is InChI=1S/C16H15N3O2S2/c1-11(10-17-16(21)14-5-3-9-23-14)19-15(20)7-6-12(18-19)13-4-2-8-22-13/h2-9,11H,10H2,1H3,(H,17,21). The maximum atomic E-state index is 12.0. The summed E-state index contributed by atoms with van der Waals surface area (Å²) in [5.74, 6) is -0.130. The second-order valence-electron chi connectivity index (χ2n) is 5.02. The number of aromatic nitrogens is 2. The average Bonchev–Trinajstić information content (AvgIpc) is 3.25. The predicted molar refractivity (Wildman–Crippen MR) is 93.2 cm³/mol. The summed E-state index contributed by atoms with van der Waals surface area (Å²) < 4.78 is 1.42. The molecule has 3 heterocycles. The minimum Gasteiger partial charge on any atom is -0.349 e. The van der Waals surface area contributed by atoms with Gasteiger partial charge in [-0.2, -0.15) is 5.10 Å². The van der Waals surface area contributed by atoms with Crippen molar-refractivity contribution in [2.75, 3.05) is 6.54 Å². The highest BCUT2D eigenvalue weighted by Gasteiger charge is 2.13. The minimum atomic E-state index is -0.230. The monoisotopic (exact) mass is 345 g/mol. The van der Waals surface area contributed by atoms with Crippen molar-refractivity contribution in [1.82, 2.24) is 15.1 Å². The number of hydrogen-bond donors (Lipinski definition) is 1. The van der Waals surface area contributed by atoms with Crippen LogP contribution in [-0.2, 0) is 0 Å². The molecule has 0 aromatic carbocycles. The fourth-order valence-electron chi connectivity index (χ4n) is 2.12. The van der Waals surface area contributed by atoms with Gasteiger partial charge in [-0.05, 0) is 35.9 Å². The van der Waals surface area contributed by atoms with Gasteiger partial charge in [0.15, 0.2) is 0 Å². The highest BCUT2D eigenvalue weighted by atomic mass is 32.1. The molecule has 3 rings (SSSR count). The molecule has 3 aromatic heterocycles. The zero-order valence-corrected chi connectivity index (χ0v) is 14.1. The van der Waals surface area contributed by atoms with Gasteiger partial charge in [0.25, 0.3) is 11.5 Å². The molecule has 5 nitrogen and oxygen atoms in total. The maximum Gasteiger partial charge on any atom is 0.267 e. The minimum absolute atomic E-state index is 0.130. The summed E-state index contributed by atoms with van der Waals surface area (Å²) >= 11 is 2.96. The van der Waals surface area contributed by atoms with E-state index in [4.69, 9.17) is 0 Å². The highest BCUT2D eigenvalue weighted by Crippen LogP contribution is 2.21. The first kappa shape index (κ1) is 15.6. The quantitative estimate of drug-likeness (QED) is 0.773. The fraction of sp³-hybridized carbons (Fsp3) is 0.188. The van der Waals surface area contributed by atoms with Crippen LogP contribution in [0.15, 0.2) is 52.0 Å². The average molecular weight is 345 g/mol. The Hall–Kier alpha value is -2.25. The third-order valence-electron chi connectivity index (χ3n) is 3.32. The summed E-state index contributed by atoms with van der Waals surface area (Å²) in [6.45, 7) is 2.21. The first-order valence-electron chi connectivity index (χ1n) is 7.10. The van der Waals surface area contributed by atoms with E-state index in [1.807, 2.05) is 35.9 Å². The molecule has 0 fully saturated rings. The van der Waals surface area contributed by atoms with Crippen LogP contribution in [0, 0.1) is 0 Å². The zero-order chi connectivity index (χ0) is 16.2. The van der Waals surface area contributed by atoms with Gasteiger partial charge in [0.05, 0.1) is 15.8 Å². The predicted octanol–water partition coefficient (Wildman–Crippen LogP) is 3.02. The van der Waals surface area contributed by atoms with Gasteiger partial charge in [-0.3, -0.25) is 9.59 Å². The molecular formula is C16H15N3O2S2. The van der Waals surface area contributed by atoms with Gasteiger partial charge in [-0.15, -0.1) is 22.7 Å². The van der Waals surface area contributed by atoms with Gasteiger partial charge in [-0.1, -0.05) is 12.1 Å². The number of thiophene rings is 2. The van der Waals surface area contributed by atoms with Crippen molar-refractivity contribution in [2.45, 2.75) is 13.0 Å². The number of hydrogen-bond acceptors (Lipinski definition) is 5. The molecule has 1 atom stereocenters. The molecule has 3 aromatic rings. The second kappa shape index (κ2) is 6.89. The van der Waals surface area contributed by atoms with Crippen LogP contribution >= 0.6 is 22.7 Å². The van der Waals surface area contributed by atoms with E-state index in [0.29, 0.717) is 11.4 Å². The topological polar surface area (TPSA) is 64.0 Å². The van der Waals surface area contributed by atoms with E-state index < -0.39 is 0 Å².